The summed E-state index contributed by atoms with van der Waals surface area (Å²) >= 11 is 0. The Balaban J connectivity index is 4.69. The lowest BCUT2D eigenvalue weighted by Crippen LogP contribution is -2.30. The number of allylic oxidation sites excluding steroid dienone is 30. The maximum Gasteiger partial charge on any atom is 0.306 e. The first-order valence-electron chi connectivity index (χ1n) is 27.9. The molecule has 0 N–H and O–H groups in total. The lowest BCUT2D eigenvalue weighted by molar-refractivity contribution is -0.166. The number of carbonyl (C=O) groups excluding carboxylic acids is 3. The smallest absolute Gasteiger partial charge is 0.306 e. The van der Waals surface area contributed by atoms with Gasteiger partial charge in [-0.25, -0.2) is 0 Å². The first kappa shape index (κ1) is 66.5. The second-order valence-electron chi connectivity index (χ2n) is 17.5. The van der Waals surface area contributed by atoms with Gasteiger partial charge in [-0.1, -0.05) is 242 Å². The molecular formula is C66H98O6. The highest BCUT2D eigenvalue weighted by Crippen LogP contribution is 2.11. The molecule has 0 bridgehead atoms. The van der Waals surface area contributed by atoms with E-state index in [0.29, 0.717) is 19.3 Å². The molecule has 0 saturated carbocycles. The van der Waals surface area contributed by atoms with Gasteiger partial charge in [-0.05, 0) is 116 Å². The predicted molar refractivity (Wildman–Crippen MR) is 311 cm³/mol. The predicted octanol–water partition coefficient (Wildman–Crippen LogP) is 18.9. The summed E-state index contributed by atoms with van der Waals surface area (Å²) in [6, 6.07) is 0. The molecule has 0 aliphatic rings. The van der Waals surface area contributed by atoms with Gasteiger partial charge in [0.05, 0.1) is 0 Å². The van der Waals surface area contributed by atoms with E-state index in [1.807, 2.05) is 48.6 Å². The Kier molecular flexibility index (Phi) is 53.7. The molecule has 0 radical (unpaired) electrons. The van der Waals surface area contributed by atoms with E-state index < -0.39 is 6.10 Å². The van der Waals surface area contributed by atoms with Crippen LogP contribution in [-0.4, -0.2) is 37.2 Å². The third-order valence-corrected chi connectivity index (χ3v) is 10.7. The maximum absolute atomic E-state index is 12.8. The summed E-state index contributed by atoms with van der Waals surface area (Å²) in [7, 11) is 0. The Hall–Kier alpha value is -5.49. The summed E-state index contributed by atoms with van der Waals surface area (Å²) in [5.41, 5.74) is 0. The van der Waals surface area contributed by atoms with Crippen molar-refractivity contribution in [1.82, 2.24) is 0 Å². The van der Waals surface area contributed by atoms with Gasteiger partial charge >= 0.3 is 17.9 Å². The van der Waals surface area contributed by atoms with E-state index in [1.54, 1.807) is 0 Å². The zero-order valence-corrected chi connectivity index (χ0v) is 45.4. The number of hydrogen-bond acceptors (Lipinski definition) is 6. The van der Waals surface area contributed by atoms with Gasteiger partial charge in [-0.15, -0.1) is 0 Å². The number of unbranched alkanes of at least 4 members (excludes halogenated alkanes) is 10. The van der Waals surface area contributed by atoms with Gasteiger partial charge in [0.25, 0.3) is 0 Å². The molecule has 72 heavy (non-hydrogen) atoms. The van der Waals surface area contributed by atoms with Gasteiger partial charge in [-0.2, -0.15) is 0 Å². The van der Waals surface area contributed by atoms with Crippen molar-refractivity contribution >= 4 is 17.9 Å². The third-order valence-electron chi connectivity index (χ3n) is 10.7. The van der Waals surface area contributed by atoms with Crippen LogP contribution in [-0.2, 0) is 28.6 Å². The molecule has 0 saturated heterocycles. The summed E-state index contributed by atoms with van der Waals surface area (Å²) in [4.78, 5) is 38.1. The standard InChI is InChI=1S/C66H98O6/c1-4-7-10-13-16-19-22-25-28-31-33-36-38-41-44-47-50-53-56-59-65(68)71-62-63(61-70-64(67)58-55-52-49-46-43-40-37-34-30-27-24-21-18-15-12-9-6-3)72-66(69)60-57-54-51-48-45-42-39-35-32-29-26-23-20-17-14-11-8-5-2/h7,10-11,14,16-21,23,25-30,32-33,35-37,39-41,44,46,49-50,53,63H,4-6,8-9,12-13,15,22,24,31,34,38,42-43,45,47-48,51-52,54-62H2,1-3H3/b10-7-,14-11-,19-16-,20-17-,21-18-,26-23-,28-25-,30-27-,32-29-,36-33-,39-35-,40-37-,44-41-,49-46-,53-50-. The lowest BCUT2D eigenvalue weighted by atomic mass is 10.1. The summed E-state index contributed by atoms with van der Waals surface area (Å²) in [6.07, 6.45) is 87.4. The van der Waals surface area contributed by atoms with Crippen LogP contribution in [0.15, 0.2) is 182 Å². The zero-order chi connectivity index (χ0) is 52.2. The second kappa shape index (κ2) is 58.1. The molecular weight excluding hydrogens is 889 g/mol. The monoisotopic (exact) mass is 987 g/mol. The van der Waals surface area contributed by atoms with Crippen LogP contribution >= 0.6 is 0 Å². The lowest BCUT2D eigenvalue weighted by Gasteiger charge is -2.18. The maximum atomic E-state index is 12.8. The van der Waals surface area contributed by atoms with E-state index in [0.717, 1.165) is 103 Å². The van der Waals surface area contributed by atoms with E-state index in [4.69, 9.17) is 14.2 Å². The topological polar surface area (TPSA) is 78.9 Å². The summed E-state index contributed by atoms with van der Waals surface area (Å²) in [5, 5.41) is 0. The van der Waals surface area contributed by atoms with Crippen LogP contribution in [0.1, 0.15) is 194 Å². The minimum atomic E-state index is -0.856. The summed E-state index contributed by atoms with van der Waals surface area (Å²) < 4.78 is 16.7. The largest absolute Gasteiger partial charge is 0.462 e. The Bertz CT molecular complexity index is 1750. The molecule has 0 aliphatic carbocycles. The van der Waals surface area contributed by atoms with Crippen LogP contribution in [0.5, 0.6) is 0 Å². The molecule has 6 heteroatoms. The van der Waals surface area contributed by atoms with Gasteiger partial charge in [0.2, 0.25) is 0 Å². The fourth-order valence-corrected chi connectivity index (χ4v) is 6.61. The molecule has 0 fully saturated rings. The Morgan fingerprint density at radius 3 is 1.15 bits per heavy atom. The number of hydrogen-bond donors (Lipinski definition) is 0. The second-order valence-corrected chi connectivity index (χ2v) is 17.5. The minimum absolute atomic E-state index is 0.151. The molecule has 0 spiro atoms. The molecule has 0 amide bonds. The van der Waals surface area contributed by atoms with Crippen molar-refractivity contribution in [3.8, 4) is 0 Å². The molecule has 6 nitrogen and oxygen atoms in total. The van der Waals surface area contributed by atoms with Crippen molar-refractivity contribution in [3.63, 3.8) is 0 Å². The van der Waals surface area contributed by atoms with Crippen LogP contribution in [0.25, 0.3) is 0 Å². The first-order valence-corrected chi connectivity index (χ1v) is 27.9. The van der Waals surface area contributed by atoms with Crippen LogP contribution < -0.4 is 0 Å². The van der Waals surface area contributed by atoms with E-state index >= 15 is 0 Å². The van der Waals surface area contributed by atoms with Crippen LogP contribution in [0.4, 0.5) is 0 Å². The van der Waals surface area contributed by atoms with Crippen molar-refractivity contribution in [1.29, 1.82) is 0 Å². The quantitative estimate of drug-likeness (QED) is 0.0199. The highest BCUT2D eigenvalue weighted by Gasteiger charge is 2.19. The van der Waals surface area contributed by atoms with Crippen molar-refractivity contribution in [2.24, 2.45) is 0 Å². The van der Waals surface area contributed by atoms with E-state index in [9.17, 15) is 14.4 Å². The molecule has 0 aromatic heterocycles. The average Bonchev–Trinajstić information content (AvgIpc) is 3.38. The van der Waals surface area contributed by atoms with Gasteiger partial charge in [0.15, 0.2) is 6.10 Å². The zero-order valence-electron chi connectivity index (χ0n) is 45.4. The Morgan fingerprint density at radius 2 is 0.667 bits per heavy atom. The molecule has 1 unspecified atom stereocenters. The minimum Gasteiger partial charge on any atom is -0.462 e. The highest BCUT2D eigenvalue weighted by molar-refractivity contribution is 5.71. The normalized spacial score (nSPS) is 13.5. The molecule has 0 aliphatic heterocycles. The van der Waals surface area contributed by atoms with Crippen molar-refractivity contribution < 1.29 is 28.6 Å². The first-order chi connectivity index (χ1) is 35.5. The number of rotatable bonds is 47. The fourth-order valence-electron chi connectivity index (χ4n) is 6.61. The summed E-state index contributed by atoms with van der Waals surface area (Å²) in [5.74, 6) is -1.13. The molecule has 0 aromatic rings. The highest BCUT2D eigenvalue weighted by atomic mass is 16.6. The Morgan fingerprint density at radius 1 is 0.306 bits per heavy atom. The fraction of sp³-hybridized carbons (Fsp3) is 0.500. The van der Waals surface area contributed by atoms with Gasteiger partial charge < -0.3 is 14.2 Å². The van der Waals surface area contributed by atoms with E-state index in [1.165, 1.54) is 32.1 Å². The van der Waals surface area contributed by atoms with E-state index in [2.05, 4.69) is 154 Å². The molecule has 0 heterocycles. The van der Waals surface area contributed by atoms with Crippen LogP contribution in [0.3, 0.4) is 0 Å². The number of esters is 3. The van der Waals surface area contributed by atoms with Crippen LogP contribution in [0.2, 0.25) is 0 Å². The molecule has 1 atom stereocenters. The molecule has 0 aromatic carbocycles. The van der Waals surface area contributed by atoms with Crippen molar-refractivity contribution in [2.75, 3.05) is 13.2 Å². The number of ether oxygens (including phenoxy) is 3. The van der Waals surface area contributed by atoms with Crippen molar-refractivity contribution in [3.05, 3.63) is 182 Å². The van der Waals surface area contributed by atoms with Gasteiger partial charge in [0.1, 0.15) is 13.2 Å². The van der Waals surface area contributed by atoms with Crippen LogP contribution in [0, 0.1) is 0 Å². The molecule has 398 valence electrons. The van der Waals surface area contributed by atoms with Crippen molar-refractivity contribution in [2.45, 2.75) is 200 Å². The molecule has 0 rings (SSSR count). The Labute approximate surface area is 440 Å². The SMILES string of the molecule is CC/C=C\C/C=C\C/C=C\C/C=C\C/C=C\C/C=C\CCC(=O)OCC(COC(=O)CCC/C=C\C/C=C\C/C=C\C/C=C\CCCCC)OC(=O)CCCCCCC\C=C/C=C\C=C/C=C\C=C/CCC. The average molecular weight is 988 g/mol. The van der Waals surface area contributed by atoms with Gasteiger partial charge in [0, 0.05) is 19.3 Å². The summed E-state index contributed by atoms with van der Waals surface area (Å²) in [6.45, 7) is 6.24. The number of carbonyl (C=O) groups is 3. The van der Waals surface area contributed by atoms with Gasteiger partial charge in [-0.3, -0.25) is 14.4 Å². The van der Waals surface area contributed by atoms with E-state index in [-0.39, 0.29) is 50.4 Å². The third kappa shape index (κ3) is 55.4.